The molecule has 0 aliphatic rings. The molecule has 122 valence electrons. The molecule has 0 fully saturated rings. The largest absolute Gasteiger partial charge is 0.481 e. The predicted octanol–water partition coefficient (Wildman–Crippen LogP) is 5.66. The minimum Gasteiger partial charge on any atom is -0.481 e. The molecule has 0 aromatic carbocycles. The molecule has 1 N–H and O–H groups in total. The van der Waals surface area contributed by atoms with Crippen molar-refractivity contribution in [1.82, 2.24) is 0 Å². The fraction of sp³-hybridized carbons (Fsp3) is 0.611. The van der Waals surface area contributed by atoms with Gasteiger partial charge in [-0.15, -0.1) is 0 Å². The molecule has 0 aromatic rings. The molecule has 0 saturated carbocycles. The van der Waals surface area contributed by atoms with Crippen LogP contribution in [0.15, 0.2) is 36.5 Å². The molecule has 0 aliphatic carbocycles. The van der Waals surface area contributed by atoms with Crippen LogP contribution in [0.5, 0.6) is 0 Å². The molecule has 0 heterocycles. The van der Waals surface area contributed by atoms with E-state index < -0.39 is 5.97 Å². The van der Waals surface area contributed by atoms with E-state index in [1.165, 1.54) is 32.1 Å². The molecule has 2 nitrogen and oxygen atoms in total. The fourth-order valence-corrected chi connectivity index (χ4v) is 1.87. The van der Waals surface area contributed by atoms with E-state index in [2.05, 4.69) is 43.4 Å². The molecule has 0 atom stereocenters. The Morgan fingerprint density at radius 1 is 0.810 bits per heavy atom. The second-order valence-corrected chi connectivity index (χ2v) is 5.08. The van der Waals surface area contributed by atoms with Crippen LogP contribution in [0.3, 0.4) is 0 Å². The van der Waals surface area contributed by atoms with Crippen LogP contribution >= 0.6 is 0 Å². The molecule has 21 heavy (non-hydrogen) atoms. The summed E-state index contributed by atoms with van der Waals surface area (Å²) in [6.45, 7) is 2.21. The van der Waals surface area contributed by atoms with Crippen molar-refractivity contribution in [2.24, 2.45) is 0 Å². The molecule has 0 radical (unpaired) electrons. The van der Waals surface area contributed by atoms with Crippen LogP contribution in [-0.2, 0) is 4.79 Å². The topological polar surface area (TPSA) is 37.3 Å². The normalized spacial score (nSPS) is 11.5. The maximum Gasteiger partial charge on any atom is 0.303 e. The summed E-state index contributed by atoms with van der Waals surface area (Å²) in [7, 11) is 0. The number of hydrogen-bond acceptors (Lipinski definition) is 1. The summed E-state index contributed by atoms with van der Waals surface area (Å²) in [5, 5.41) is 8.50. The molecule has 0 unspecified atom stereocenters. The second kappa shape index (κ2) is 20.0. The summed E-state index contributed by atoms with van der Waals surface area (Å²) in [6, 6.07) is 0. The van der Waals surface area contributed by atoms with Crippen LogP contribution in [0.2, 0.25) is 0 Å². The predicted molar refractivity (Wildman–Crippen MR) is 86.9 cm³/mol. The van der Waals surface area contributed by atoms with Crippen molar-refractivity contribution in [3.63, 3.8) is 0 Å². The van der Waals surface area contributed by atoms with E-state index in [-0.39, 0.29) is 39.9 Å². The zero-order valence-electron chi connectivity index (χ0n) is 13.2. The van der Waals surface area contributed by atoms with Gasteiger partial charge in [-0.3, -0.25) is 4.79 Å². The summed E-state index contributed by atoms with van der Waals surface area (Å²) in [5.74, 6) is -0.677. The zero-order valence-corrected chi connectivity index (χ0v) is 15.5. The van der Waals surface area contributed by atoms with Gasteiger partial charge in [0.25, 0.3) is 0 Å². The Hall–Kier alpha value is 0.0147. The first-order valence-corrected chi connectivity index (χ1v) is 7.97. The van der Waals surface area contributed by atoms with Crippen molar-refractivity contribution in [3.8, 4) is 0 Å². The van der Waals surface area contributed by atoms with Crippen molar-refractivity contribution in [2.45, 2.75) is 71.1 Å². The van der Waals surface area contributed by atoms with Gasteiger partial charge in [0.05, 0.1) is 0 Å². The van der Waals surface area contributed by atoms with Gasteiger partial charge in [-0.2, -0.15) is 0 Å². The second-order valence-electron chi connectivity index (χ2n) is 5.08. The number of allylic oxidation sites excluding steroid dienone is 6. The van der Waals surface area contributed by atoms with E-state index in [1.54, 1.807) is 0 Å². The van der Waals surface area contributed by atoms with Gasteiger partial charge >= 0.3 is 5.97 Å². The van der Waals surface area contributed by atoms with E-state index >= 15 is 0 Å². The van der Waals surface area contributed by atoms with Gasteiger partial charge in [-0.05, 0) is 25.7 Å². The third-order valence-electron chi connectivity index (χ3n) is 3.09. The van der Waals surface area contributed by atoms with Gasteiger partial charge in [0, 0.05) is 46.4 Å². The van der Waals surface area contributed by atoms with E-state index in [0.29, 0.717) is 6.42 Å². The average molecular weight is 436 g/mol. The monoisotopic (exact) mass is 436 g/mol. The maximum atomic E-state index is 10.3. The number of carbonyl (C=O) groups is 1. The molecular formula is C18H30GdO2. The maximum absolute atomic E-state index is 10.3. The molecule has 0 bridgehead atoms. The first-order valence-electron chi connectivity index (χ1n) is 7.97. The van der Waals surface area contributed by atoms with Crippen LogP contribution in [0.4, 0.5) is 0 Å². The summed E-state index contributed by atoms with van der Waals surface area (Å²) in [4.78, 5) is 10.3. The Morgan fingerprint density at radius 2 is 1.33 bits per heavy atom. The fourth-order valence-electron chi connectivity index (χ4n) is 1.87. The Bertz CT molecular complexity index is 306. The molecule has 3 heteroatoms. The number of hydrogen-bond donors (Lipinski definition) is 1. The van der Waals surface area contributed by atoms with Crippen LogP contribution in [0.25, 0.3) is 0 Å². The van der Waals surface area contributed by atoms with E-state index in [1.807, 2.05) is 0 Å². The first kappa shape index (κ1) is 23.3. The van der Waals surface area contributed by atoms with Gasteiger partial charge in [-0.1, -0.05) is 75.5 Å². The summed E-state index contributed by atoms with van der Waals surface area (Å²) >= 11 is 0. The quantitative estimate of drug-likeness (QED) is 0.299. The minimum absolute atomic E-state index is 0. The van der Waals surface area contributed by atoms with Gasteiger partial charge < -0.3 is 5.11 Å². The van der Waals surface area contributed by atoms with Crippen LogP contribution < -0.4 is 0 Å². The summed E-state index contributed by atoms with van der Waals surface area (Å²) in [6.07, 6.45) is 23.3. The van der Waals surface area contributed by atoms with Crippen molar-refractivity contribution in [2.75, 3.05) is 0 Å². The van der Waals surface area contributed by atoms with Crippen molar-refractivity contribution < 1.29 is 49.8 Å². The number of rotatable bonds is 13. The third kappa shape index (κ3) is 22.4. The number of carboxylic acids is 1. The Balaban J connectivity index is 0. The molecule has 0 aliphatic heterocycles. The molecule has 0 spiro atoms. The van der Waals surface area contributed by atoms with Crippen LogP contribution in [0, 0.1) is 39.9 Å². The van der Waals surface area contributed by atoms with Gasteiger partial charge in [0.1, 0.15) is 0 Å². The average Bonchev–Trinajstić information content (AvgIpc) is 2.43. The first-order chi connectivity index (χ1) is 9.77. The number of aliphatic carboxylic acids is 1. The smallest absolute Gasteiger partial charge is 0.303 e. The minimum atomic E-state index is -0.677. The van der Waals surface area contributed by atoms with Gasteiger partial charge in [0.2, 0.25) is 0 Å². The van der Waals surface area contributed by atoms with E-state index in [9.17, 15) is 4.79 Å². The van der Waals surface area contributed by atoms with Crippen LogP contribution in [-0.4, -0.2) is 11.1 Å². The van der Waals surface area contributed by atoms with Crippen molar-refractivity contribution >= 4 is 5.97 Å². The van der Waals surface area contributed by atoms with Crippen LogP contribution in [0.1, 0.15) is 71.1 Å². The SMILES string of the molecule is CCCCC=CC=CC=CCCCCCCCC(=O)O.[Gd]. The summed E-state index contributed by atoms with van der Waals surface area (Å²) in [5.41, 5.74) is 0. The number of unbranched alkanes of at least 4 members (excludes halogenated alkanes) is 7. The zero-order chi connectivity index (χ0) is 14.9. The molecule has 0 rings (SSSR count). The Labute approximate surface area is 162 Å². The molecule has 0 saturated heterocycles. The molecular weight excluding hydrogens is 405 g/mol. The number of carboxylic acid groups (broad SMARTS) is 1. The van der Waals surface area contributed by atoms with Crippen molar-refractivity contribution in [1.29, 1.82) is 0 Å². The van der Waals surface area contributed by atoms with E-state index in [0.717, 1.165) is 25.7 Å². The van der Waals surface area contributed by atoms with Crippen molar-refractivity contribution in [3.05, 3.63) is 36.5 Å². The standard InChI is InChI=1S/C18H30O2.Gd/c1-2-3-4-5-6-7-8-9-10-11-12-13-14-15-16-17-18(19)20;/h5-10H,2-4,11-17H2,1H3,(H,19,20);. The molecule has 0 amide bonds. The molecule has 0 aromatic heterocycles. The van der Waals surface area contributed by atoms with Gasteiger partial charge in [0.15, 0.2) is 0 Å². The third-order valence-corrected chi connectivity index (χ3v) is 3.09. The summed E-state index contributed by atoms with van der Waals surface area (Å²) < 4.78 is 0. The van der Waals surface area contributed by atoms with Gasteiger partial charge in [-0.25, -0.2) is 0 Å². The van der Waals surface area contributed by atoms with E-state index in [4.69, 9.17) is 5.11 Å². The Morgan fingerprint density at radius 3 is 1.90 bits per heavy atom. The Kier molecular flexibility index (Phi) is 22.2.